The van der Waals surface area contributed by atoms with Gasteiger partial charge in [0.1, 0.15) is 5.76 Å². The van der Waals surface area contributed by atoms with Gasteiger partial charge < -0.3 is 20.3 Å². The minimum atomic E-state index is -0.231. The lowest BCUT2D eigenvalue weighted by Gasteiger charge is -2.17. The van der Waals surface area contributed by atoms with Gasteiger partial charge >= 0.3 is 6.03 Å². The second-order valence-electron chi connectivity index (χ2n) is 5.25. The van der Waals surface area contributed by atoms with Gasteiger partial charge in [0.05, 0.1) is 11.7 Å². The van der Waals surface area contributed by atoms with Crippen molar-refractivity contribution >= 4 is 6.03 Å². The molecular formula is C14H21N3O3. The fourth-order valence-electron chi connectivity index (χ4n) is 2.60. The van der Waals surface area contributed by atoms with E-state index in [0.29, 0.717) is 0 Å². The minimum absolute atomic E-state index is 0.0241. The van der Waals surface area contributed by atoms with E-state index in [1.54, 1.807) is 0 Å². The van der Waals surface area contributed by atoms with E-state index < -0.39 is 0 Å². The van der Waals surface area contributed by atoms with Crippen LogP contribution in [0, 0.1) is 19.8 Å². The van der Waals surface area contributed by atoms with Gasteiger partial charge in [-0.2, -0.15) is 0 Å². The largest absolute Gasteiger partial charge is 0.396 e. The highest BCUT2D eigenvalue weighted by molar-refractivity contribution is 5.75. The molecule has 1 aromatic rings. The average molecular weight is 279 g/mol. The predicted molar refractivity (Wildman–Crippen MR) is 74.2 cm³/mol. The molecule has 1 aliphatic carbocycles. The SMILES string of the molecule is Cc1noc(C)c1C(C)NC(=O)N[C@@H]1C=C[C@H](CO)C1. The van der Waals surface area contributed by atoms with E-state index in [-0.39, 0.29) is 30.6 Å². The third-order valence-electron chi connectivity index (χ3n) is 3.59. The highest BCUT2D eigenvalue weighted by Crippen LogP contribution is 2.21. The maximum Gasteiger partial charge on any atom is 0.315 e. The van der Waals surface area contributed by atoms with Crippen LogP contribution in [0.3, 0.4) is 0 Å². The smallest absolute Gasteiger partial charge is 0.315 e. The Morgan fingerprint density at radius 1 is 1.55 bits per heavy atom. The first kappa shape index (κ1) is 14.6. The van der Waals surface area contributed by atoms with Crippen molar-refractivity contribution in [2.75, 3.05) is 6.61 Å². The maximum absolute atomic E-state index is 12.0. The summed E-state index contributed by atoms with van der Waals surface area (Å²) in [6, 6.07) is -0.421. The Morgan fingerprint density at radius 3 is 2.85 bits per heavy atom. The van der Waals surface area contributed by atoms with Gasteiger partial charge in [0.25, 0.3) is 0 Å². The number of amides is 2. The second kappa shape index (κ2) is 6.09. The maximum atomic E-state index is 12.0. The number of hydrogen-bond acceptors (Lipinski definition) is 4. The van der Waals surface area contributed by atoms with Gasteiger partial charge in [0.2, 0.25) is 0 Å². The number of rotatable bonds is 4. The molecule has 0 radical (unpaired) electrons. The summed E-state index contributed by atoms with van der Waals surface area (Å²) >= 11 is 0. The Balaban J connectivity index is 1.88. The third-order valence-corrected chi connectivity index (χ3v) is 3.59. The molecule has 0 aromatic carbocycles. The third kappa shape index (κ3) is 3.19. The Hall–Kier alpha value is -1.82. The molecule has 3 N–H and O–H groups in total. The zero-order valence-corrected chi connectivity index (χ0v) is 12.0. The summed E-state index contributed by atoms with van der Waals surface area (Å²) in [5.41, 5.74) is 1.70. The molecule has 20 heavy (non-hydrogen) atoms. The minimum Gasteiger partial charge on any atom is -0.396 e. The fourth-order valence-corrected chi connectivity index (χ4v) is 2.60. The molecule has 1 aliphatic rings. The first-order chi connectivity index (χ1) is 9.51. The zero-order valence-electron chi connectivity index (χ0n) is 12.0. The number of carbonyl (C=O) groups is 1. The summed E-state index contributed by atoms with van der Waals surface area (Å²) in [7, 11) is 0. The van der Waals surface area contributed by atoms with Crippen LogP contribution in [0.4, 0.5) is 4.79 Å². The summed E-state index contributed by atoms with van der Waals surface area (Å²) in [6.07, 6.45) is 4.59. The number of urea groups is 1. The summed E-state index contributed by atoms with van der Waals surface area (Å²) < 4.78 is 5.10. The molecule has 3 atom stereocenters. The number of carbonyl (C=O) groups excluding carboxylic acids is 1. The zero-order chi connectivity index (χ0) is 14.7. The van der Waals surface area contributed by atoms with Crippen molar-refractivity contribution in [3.05, 3.63) is 29.2 Å². The molecule has 0 saturated carbocycles. The van der Waals surface area contributed by atoms with Crippen molar-refractivity contribution in [3.8, 4) is 0 Å². The lowest BCUT2D eigenvalue weighted by atomic mass is 10.1. The van der Waals surface area contributed by atoms with Gasteiger partial charge in [0.15, 0.2) is 0 Å². The van der Waals surface area contributed by atoms with Gasteiger partial charge in [-0.05, 0) is 27.2 Å². The number of hydrogen-bond donors (Lipinski definition) is 3. The molecule has 0 spiro atoms. The van der Waals surface area contributed by atoms with Crippen molar-refractivity contribution in [1.29, 1.82) is 0 Å². The molecular weight excluding hydrogens is 258 g/mol. The van der Waals surface area contributed by atoms with E-state index in [1.165, 1.54) is 0 Å². The fraction of sp³-hybridized carbons (Fsp3) is 0.571. The molecule has 6 nitrogen and oxygen atoms in total. The van der Waals surface area contributed by atoms with E-state index >= 15 is 0 Å². The van der Waals surface area contributed by atoms with Crippen LogP contribution < -0.4 is 10.6 Å². The quantitative estimate of drug-likeness (QED) is 0.730. The van der Waals surface area contributed by atoms with Gasteiger partial charge in [0, 0.05) is 24.1 Å². The Bertz CT molecular complexity index is 490. The number of nitrogens with zero attached hydrogens (tertiary/aromatic N) is 1. The number of aryl methyl sites for hydroxylation is 2. The van der Waals surface area contributed by atoms with E-state index in [4.69, 9.17) is 9.63 Å². The molecule has 0 aliphatic heterocycles. The average Bonchev–Trinajstić information content (AvgIpc) is 2.96. The van der Waals surface area contributed by atoms with Crippen LogP contribution in [0.5, 0.6) is 0 Å². The monoisotopic (exact) mass is 279 g/mol. The Morgan fingerprint density at radius 2 is 2.30 bits per heavy atom. The van der Waals surface area contributed by atoms with Gasteiger partial charge in [-0.25, -0.2) is 4.79 Å². The molecule has 110 valence electrons. The van der Waals surface area contributed by atoms with E-state index in [0.717, 1.165) is 23.4 Å². The van der Waals surface area contributed by atoms with Crippen molar-refractivity contribution in [2.45, 2.75) is 39.3 Å². The topological polar surface area (TPSA) is 87.4 Å². The lowest BCUT2D eigenvalue weighted by Crippen LogP contribution is -2.42. The van der Waals surface area contributed by atoms with Crippen LogP contribution in [-0.2, 0) is 0 Å². The first-order valence-corrected chi connectivity index (χ1v) is 6.80. The van der Waals surface area contributed by atoms with Crippen molar-refractivity contribution in [1.82, 2.24) is 15.8 Å². The normalized spacial score (nSPS) is 22.8. The molecule has 0 bridgehead atoms. The summed E-state index contributed by atoms with van der Waals surface area (Å²) in [5.74, 6) is 0.858. The Kier molecular flexibility index (Phi) is 4.44. The van der Waals surface area contributed by atoms with E-state index in [9.17, 15) is 4.79 Å². The second-order valence-corrected chi connectivity index (χ2v) is 5.25. The molecule has 1 heterocycles. The summed E-state index contributed by atoms with van der Waals surface area (Å²) in [4.78, 5) is 12.0. The molecule has 1 unspecified atom stereocenters. The van der Waals surface area contributed by atoms with Crippen molar-refractivity contribution in [3.63, 3.8) is 0 Å². The summed E-state index contributed by atoms with van der Waals surface area (Å²) in [6.45, 7) is 5.70. The Labute approximate surface area is 118 Å². The molecule has 0 saturated heterocycles. The van der Waals surface area contributed by atoms with Crippen LogP contribution in [0.25, 0.3) is 0 Å². The first-order valence-electron chi connectivity index (χ1n) is 6.80. The van der Waals surface area contributed by atoms with E-state index in [2.05, 4.69) is 15.8 Å². The summed E-state index contributed by atoms with van der Waals surface area (Å²) in [5, 5.41) is 18.7. The van der Waals surface area contributed by atoms with Crippen molar-refractivity contribution < 1.29 is 14.4 Å². The van der Waals surface area contributed by atoms with Crippen LogP contribution in [0.1, 0.15) is 36.4 Å². The van der Waals surface area contributed by atoms with E-state index in [1.807, 2.05) is 32.9 Å². The van der Waals surface area contributed by atoms with Crippen LogP contribution >= 0.6 is 0 Å². The van der Waals surface area contributed by atoms with Crippen LogP contribution in [-0.4, -0.2) is 28.9 Å². The van der Waals surface area contributed by atoms with Crippen LogP contribution in [0.15, 0.2) is 16.7 Å². The van der Waals surface area contributed by atoms with Gasteiger partial charge in [-0.3, -0.25) is 0 Å². The predicted octanol–water partition coefficient (Wildman–Crippen LogP) is 1.59. The molecule has 2 rings (SSSR count). The van der Waals surface area contributed by atoms with Gasteiger partial charge in [-0.1, -0.05) is 17.3 Å². The number of aliphatic hydroxyl groups excluding tert-OH is 1. The van der Waals surface area contributed by atoms with Crippen LogP contribution in [0.2, 0.25) is 0 Å². The number of aromatic nitrogens is 1. The molecule has 1 aromatic heterocycles. The standard InChI is InChI=1S/C14H21N3O3/c1-8(13-9(2)17-20-10(13)3)15-14(19)16-12-5-4-11(6-12)7-18/h4-5,8,11-12,18H,6-7H2,1-3H3,(H2,15,16,19)/t8?,11-,12+/m0/s1. The highest BCUT2D eigenvalue weighted by atomic mass is 16.5. The van der Waals surface area contributed by atoms with Gasteiger partial charge in [-0.15, -0.1) is 0 Å². The highest BCUT2D eigenvalue weighted by Gasteiger charge is 2.22. The lowest BCUT2D eigenvalue weighted by molar-refractivity contribution is 0.229. The number of aliphatic hydroxyl groups is 1. The molecule has 6 heteroatoms. The van der Waals surface area contributed by atoms with Crippen molar-refractivity contribution in [2.24, 2.45) is 5.92 Å². The molecule has 2 amide bonds. The number of nitrogens with one attached hydrogen (secondary N) is 2. The molecule has 0 fully saturated rings.